The van der Waals surface area contributed by atoms with Gasteiger partial charge < -0.3 is 15.5 Å². The van der Waals surface area contributed by atoms with E-state index in [-0.39, 0.29) is 6.04 Å². The number of hydrogen-bond acceptors (Lipinski definition) is 5. The highest BCUT2D eigenvalue weighted by Gasteiger charge is 2.17. The minimum Gasteiger partial charge on any atom is -0.406 e. The SMILES string of the molecule is CC(N)c1nnc(NCCC2CCC2)o1. The summed E-state index contributed by atoms with van der Waals surface area (Å²) in [5.41, 5.74) is 5.61. The molecule has 0 radical (unpaired) electrons. The van der Waals surface area contributed by atoms with Crippen LogP contribution in [0.2, 0.25) is 0 Å². The Morgan fingerprint density at radius 2 is 2.33 bits per heavy atom. The summed E-state index contributed by atoms with van der Waals surface area (Å²) in [4.78, 5) is 0. The van der Waals surface area contributed by atoms with E-state index in [1.54, 1.807) is 0 Å². The Morgan fingerprint density at radius 3 is 2.87 bits per heavy atom. The van der Waals surface area contributed by atoms with Gasteiger partial charge in [-0.25, -0.2) is 0 Å². The second-order valence-electron chi connectivity index (χ2n) is 4.25. The summed E-state index contributed by atoms with van der Waals surface area (Å²) in [6.07, 6.45) is 5.32. The first-order valence-electron chi connectivity index (χ1n) is 5.58. The molecule has 0 aromatic carbocycles. The molecule has 0 bridgehead atoms. The van der Waals surface area contributed by atoms with Crippen molar-refractivity contribution >= 4 is 6.01 Å². The Hall–Kier alpha value is -1.10. The van der Waals surface area contributed by atoms with Crippen LogP contribution in [0, 0.1) is 5.92 Å². The first-order chi connectivity index (χ1) is 7.25. The van der Waals surface area contributed by atoms with Crippen LogP contribution in [0.1, 0.15) is 44.5 Å². The molecule has 1 unspecified atom stereocenters. The molecule has 1 atom stereocenters. The fourth-order valence-corrected chi connectivity index (χ4v) is 1.65. The quantitative estimate of drug-likeness (QED) is 0.773. The lowest BCUT2D eigenvalue weighted by molar-refractivity contribution is 0.302. The molecule has 15 heavy (non-hydrogen) atoms. The molecular weight excluding hydrogens is 192 g/mol. The van der Waals surface area contributed by atoms with Gasteiger partial charge in [-0.05, 0) is 19.3 Å². The van der Waals surface area contributed by atoms with Crippen LogP contribution in [0.15, 0.2) is 4.42 Å². The van der Waals surface area contributed by atoms with Gasteiger partial charge in [-0.2, -0.15) is 0 Å². The Labute approximate surface area is 89.4 Å². The van der Waals surface area contributed by atoms with E-state index < -0.39 is 0 Å². The summed E-state index contributed by atoms with van der Waals surface area (Å²) in [6.45, 7) is 2.73. The monoisotopic (exact) mass is 210 g/mol. The van der Waals surface area contributed by atoms with Gasteiger partial charge >= 0.3 is 6.01 Å². The van der Waals surface area contributed by atoms with E-state index in [1.807, 2.05) is 6.92 Å². The van der Waals surface area contributed by atoms with Crippen LogP contribution in [-0.2, 0) is 0 Å². The zero-order chi connectivity index (χ0) is 10.7. The number of nitrogens with zero attached hydrogens (tertiary/aromatic N) is 2. The summed E-state index contributed by atoms with van der Waals surface area (Å²) < 4.78 is 5.32. The topological polar surface area (TPSA) is 77.0 Å². The average Bonchev–Trinajstić information content (AvgIpc) is 2.57. The van der Waals surface area contributed by atoms with Crippen LogP contribution in [-0.4, -0.2) is 16.7 Å². The van der Waals surface area contributed by atoms with Crippen molar-refractivity contribution in [3.05, 3.63) is 5.89 Å². The van der Waals surface area contributed by atoms with Gasteiger partial charge in [-0.15, -0.1) is 5.10 Å². The van der Waals surface area contributed by atoms with Crippen LogP contribution < -0.4 is 11.1 Å². The van der Waals surface area contributed by atoms with Crippen LogP contribution >= 0.6 is 0 Å². The third-order valence-corrected chi connectivity index (χ3v) is 2.88. The van der Waals surface area contributed by atoms with Gasteiger partial charge in [-0.3, -0.25) is 0 Å². The number of rotatable bonds is 5. The van der Waals surface area contributed by atoms with Crippen LogP contribution in [0.3, 0.4) is 0 Å². The molecule has 1 aliphatic rings. The molecule has 1 heterocycles. The molecule has 0 saturated heterocycles. The molecule has 5 heteroatoms. The van der Waals surface area contributed by atoms with E-state index in [2.05, 4.69) is 15.5 Å². The van der Waals surface area contributed by atoms with Crippen molar-refractivity contribution in [2.24, 2.45) is 11.7 Å². The number of nitrogens with one attached hydrogen (secondary N) is 1. The molecule has 1 aromatic rings. The summed E-state index contributed by atoms with van der Waals surface area (Å²) in [7, 11) is 0. The standard InChI is InChI=1S/C10H18N4O/c1-7(11)9-13-14-10(15-9)12-6-5-8-3-2-4-8/h7-8H,2-6,11H2,1H3,(H,12,14). The first-order valence-corrected chi connectivity index (χ1v) is 5.58. The fraction of sp³-hybridized carbons (Fsp3) is 0.800. The predicted octanol–water partition coefficient (Wildman–Crippen LogP) is 1.69. The fourth-order valence-electron chi connectivity index (χ4n) is 1.65. The molecular formula is C10H18N4O. The third-order valence-electron chi connectivity index (χ3n) is 2.88. The van der Waals surface area contributed by atoms with E-state index in [0.717, 1.165) is 12.5 Å². The number of aromatic nitrogens is 2. The van der Waals surface area contributed by atoms with Gasteiger partial charge in [0.2, 0.25) is 5.89 Å². The second-order valence-corrected chi connectivity index (χ2v) is 4.25. The van der Waals surface area contributed by atoms with Crippen molar-refractivity contribution in [1.82, 2.24) is 10.2 Å². The highest BCUT2D eigenvalue weighted by atomic mass is 16.4. The van der Waals surface area contributed by atoms with Crippen molar-refractivity contribution in [1.29, 1.82) is 0 Å². The lowest BCUT2D eigenvalue weighted by Crippen LogP contribution is -2.15. The van der Waals surface area contributed by atoms with E-state index in [0.29, 0.717) is 11.9 Å². The smallest absolute Gasteiger partial charge is 0.315 e. The van der Waals surface area contributed by atoms with E-state index in [9.17, 15) is 0 Å². The van der Waals surface area contributed by atoms with E-state index in [4.69, 9.17) is 10.2 Å². The molecule has 3 N–H and O–H groups in total. The zero-order valence-electron chi connectivity index (χ0n) is 9.07. The van der Waals surface area contributed by atoms with Crippen molar-refractivity contribution < 1.29 is 4.42 Å². The Morgan fingerprint density at radius 1 is 1.53 bits per heavy atom. The highest BCUT2D eigenvalue weighted by Crippen LogP contribution is 2.29. The molecule has 5 nitrogen and oxygen atoms in total. The van der Waals surface area contributed by atoms with Crippen molar-refractivity contribution in [2.75, 3.05) is 11.9 Å². The number of anilines is 1. The number of hydrogen-bond donors (Lipinski definition) is 2. The minimum absolute atomic E-state index is 0.195. The largest absolute Gasteiger partial charge is 0.406 e. The maximum absolute atomic E-state index is 5.61. The maximum atomic E-state index is 5.61. The highest BCUT2D eigenvalue weighted by molar-refractivity contribution is 5.16. The summed E-state index contributed by atoms with van der Waals surface area (Å²) in [6, 6.07) is 0.293. The van der Waals surface area contributed by atoms with Gasteiger partial charge in [0.15, 0.2) is 0 Å². The molecule has 1 aliphatic carbocycles. The van der Waals surface area contributed by atoms with Gasteiger partial charge in [0.05, 0.1) is 6.04 Å². The van der Waals surface area contributed by atoms with E-state index >= 15 is 0 Å². The molecule has 84 valence electrons. The summed E-state index contributed by atoms with van der Waals surface area (Å²) >= 11 is 0. The molecule has 1 fully saturated rings. The van der Waals surface area contributed by atoms with Crippen LogP contribution in [0.4, 0.5) is 6.01 Å². The van der Waals surface area contributed by atoms with Gasteiger partial charge in [-0.1, -0.05) is 24.4 Å². The second kappa shape index (κ2) is 4.61. The average molecular weight is 210 g/mol. The molecule has 0 amide bonds. The molecule has 1 saturated carbocycles. The first kappa shape index (κ1) is 10.4. The van der Waals surface area contributed by atoms with Gasteiger partial charge in [0, 0.05) is 6.54 Å². The lowest BCUT2D eigenvalue weighted by Gasteiger charge is -2.24. The molecule has 0 spiro atoms. The Kier molecular flexibility index (Phi) is 3.20. The lowest BCUT2D eigenvalue weighted by atomic mass is 9.83. The maximum Gasteiger partial charge on any atom is 0.315 e. The van der Waals surface area contributed by atoms with Crippen LogP contribution in [0.25, 0.3) is 0 Å². The number of nitrogens with two attached hydrogens (primary N) is 1. The molecule has 0 aliphatic heterocycles. The van der Waals surface area contributed by atoms with Crippen molar-refractivity contribution in [3.8, 4) is 0 Å². The molecule has 1 aromatic heterocycles. The molecule has 2 rings (SSSR count). The van der Waals surface area contributed by atoms with E-state index in [1.165, 1.54) is 25.7 Å². The summed E-state index contributed by atoms with van der Waals surface area (Å²) in [5, 5.41) is 10.8. The van der Waals surface area contributed by atoms with Gasteiger partial charge in [0.1, 0.15) is 0 Å². The predicted molar refractivity (Wildman–Crippen MR) is 57.3 cm³/mol. The van der Waals surface area contributed by atoms with Crippen molar-refractivity contribution in [3.63, 3.8) is 0 Å². The third kappa shape index (κ3) is 2.68. The Bertz CT molecular complexity index is 306. The Balaban J connectivity index is 1.72. The van der Waals surface area contributed by atoms with Gasteiger partial charge in [0.25, 0.3) is 0 Å². The summed E-state index contributed by atoms with van der Waals surface area (Å²) in [5.74, 6) is 1.38. The zero-order valence-corrected chi connectivity index (χ0v) is 9.07. The minimum atomic E-state index is -0.195. The van der Waals surface area contributed by atoms with Crippen LogP contribution in [0.5, 0.6) is 0 Å². The normalized spacial score (nSPS) is 18.5. The van der Waals surface area contributed by atoms with Crippen molar-refractivity contribution in [2.45, 2.75) is 38.6 Å².